The van der Waals surface area contributed by atoms with Gasteiger partial charge in [-0.15, -0.1) is 0 Å². The summed E-state index contributed by atoms with van der Waals surface area (Å²) in [7, 11) is -3.20. The van der Waals surface area contributed by atoms with Crippen LogP contribution < -0.4 is 9.62 Å². The average molecular weight is 284 g/mol. The molecular formula is C14H24N2O2S. The molecular weight excluding hydrogens is 260 g/mol. The van der Waals surface area contributed by atoms with E-state index in [1.165, 1.54) is 0 Å². The summed E-state index contributed by atoms with van der Waals surface area (Å²) in [5, 5.41) is 0. The van der Waals surface area contributed by atoms with E-state index in [0.717, 1.165) is 12.2 Å². The van der Waals surface area contributed by atoms with Crippen molar-refractivity contribution >= 4 is 21.4 Å². The fourth-order valence-corrected chi connectivity index (χ4v) is 3.20. The zero-order valence-corrected chi connectivity index (χ0v) is 13.0. The number of nitrogens with zero attached hydrogens (tertiary/aromatic N) is 1. The van der Waals surface area contributed by atoms with E-state index in [4.69, 9.17) is 0 Å². The number of sulfonamides is 1. The zero-order valence-electron chi connectivity index (χ0n) is 12.2. The molecule has 0 atom stereocenters. The van der Waals surface area contributed by atoms with Crippen molar-refractivity contribution in [3.05, 3.63) is 24.3 Å². The maximum atomic E-state index is 11.7. The fourth-order valence-electron chi connectivity index (χ4n) is 2.07. The molecule has 1 rings (SSSR count). The van der Waals surface area contributed by atoms with Gasteiger partial charge in [0.1, 0.15) is 0 Å². The fraction of sp³-hybridized carbons (Fsp3) is 0.571. The van der Waals surface area contributed by atoms with Gasteiger partial charge < -0.3 is 4.90 Å². The van der Waals surface area contributed by atoms with E-state index >= 15 is 0 Å². The molecule has 0 fully saturated rings. The molecule has 0 amide bonds. The predicted octanol–water partition coefficient (Wildman–Crippen LogP) is 3.07. The van der Waals surface area contributed by atoms with Gasteiger partial charge in [0.2, 0.25) is 10.0 Å². The normalized spacial score (nSPS) is 11.6. The third-order valence-electron chi connectivity index (χ3n) is 2.91. The number of hydrogen-bond acceptors (Lipinski definition) is 3. The Morgan fingerprint density at radius 2 is 1.74 bits per heavy atom. The summed E-state index contributed by atoms with van der Waals surface area (Å²) in [6.07, 6.45) is 0.615. The number of hydrogen-bond donors (Lipinski definition) is 1. The Labute approximate surface area is 116 Å². The Kier molecular flexibility index (Phi) is 5.66. The Bertz CT molecular complexity index is 481. The van der Waals surface area contributed by atoms with E-state index in [-0.39, 0.29) is 5.75 Å². The van der Waals surface area contributed by atoms with Crippen molar-refractivity contribution < 1.29 is 8.42 Å². The molecule has 108 valence electrons. The molecule has 0 bridgehead atoms. The molecule has 0 spiro atoms. The van der Waals surface area contributed by atoms with Crippen LogP contribution in [0.5, 0.6) is 0 Å². The number of rotatable bonds is 7. The van der Waals surface area contributed by atoms with Gasteiger partial charge in [-0.2, -0.15) is 0 Å². The van der Waals surface area contributed by atoms with Crippen LogP contribution in [0, 0.1) is 0 Å². The lowest BCUT2D eigenvalue weighted by atomic mass is 10.2. The number of anilines is 2. The molecule has 19 heavy (non-hydrogen) atoms. The zero-order chi connectivity index (χ0) is 14.5. The van der Waals surface area contributed by atoms with Gasteiger partial charge in [0.05, 0.1) is 5.75 Å². The van der Waals surface area contributed by atoms with E-state index in [2.05, 4.69) is 30.4 Å². The van der Waals surface area contributed by atoms with Gasteiger partial charge in [-0.25, -0.2) is 8.42 Å². The third kappa shape index (κ3) is 4.74. The Balaban J connectivity index is 2.82. The minimum absolute atomic E-state index is 0.155. The molecule has 0 heterocycles. The highest BCUT2D eigenvalue weighted by Gasteiger charge is 2.10. The van der Waals surface area contributed by atoms with Gasteiger partial charge in [-0.3, -0.25) is 4.72 Å². The molecule has 0 aromatic heterocycles. The molecule has 0 saturated carbocycles. The van der Waals surface area contributed by atoms with Crippen molar-refractivity contribution in [1.29, 1.82) is 0 Å². The van der Waals surface area contributed by atoms with Crippen molar-refractivity contribution in [1.82, 2.24) is 0 Å². The van der Waals surface area contributed by atoms with Crippen LogP contribution in [0.15, 0.2) is 24.3 Å². The number of benzene rings is 1. The summed E-state index contributed by atoms with van der Waals surface area (Å²) < 4.78 is 25.9. The highest BCUT2D eigenvalue weighted by Crippen LogP contribution is 2.20. The van der Waals surface area contributed by atoms with E-state index in [1.807, 2.05) is 31.2 Å². The maximum absolute atomic E-state index is 11.7. The minimum Gasteiger partial charge on any atom is -0.369 e. The lowest BCUT2D eigenvalue weighted by Gasteiger charge is -2.27. The highest BCUT2D eigenvalue weighted by molar-refractivity contribution is 7.92. The van der Waals surface area contributed by atoms with Crippen LogP contribution in [0.4, 0.5) is 11.4 Å². The van der Waals surface area contributed by atoms with Crippen molar-refractivity contribution in [2.45, 2.75) is 40.2 Å². The molecule has 0 radical (unpaired) electrons. The smallest absolute Gasteiger partial charge is 0.232 e. The summed E-state index contributed by atoms with van der Waals surface area (Å²) in [5.41, 5.74) is 1.73. The van der Waals surface area contributed by atoms with Crippen LogP contribution in [0.2, 0.25) is 0 Å². The Hall–Kier alpha value is -1.23. The second-order valence-electron chi connectivity index (χ2n) is 4.85. The molecule has 0 aliphatic heterocycles. The van der Waals surface area contributed by atoms with Crippen molar-refractivity contribution in [2.75, 3.05) is 21.9 Å². The second kappa shape index (κ2) is 6.80. The van der Waals surface area contributed by atoms with Crippen LogP contribution >= 0.6 is 0 Å². The first-order chi connectivity index (χ1) is 8.89. The van der Waals surface area contributed by atoms with Gasteiger partial charge in [0.25, 0.3) is 0 Å². The monoisotopic (exact) mass is 284 g/mol. The molecule has 4 nitrogen and oxygen atoms in total. The first-order valence-corrected chi connectivity index (χ1v) is 8.42. The Morgan fingerprint density at radius 1 is 1.16 bits per heavy atom. The number of nitrogens with one attached hydrogen (secondary N) is 1. The molecule has 1 N–H and O–H groups in total. The SMILES string of the molecule is CCCS(=O)(=O)Nc1ccc(N(CC)C(C)C)cc1. The second-order valence-corrected chi connectivity index (χ2v) is 6.69. The summed E-state index contributed by atoms with van der Waals surface area (Å²) in [4.78, 5) is 2.25. The molecule has 1 aromatic carbocycles. The van der Waals surface area contributed by atoms with Crippen LogP contribution in [0.3, 0.4) is 0 Å². The van der Waals surface area contributed by atoms with Gasteiger partial charge in [-0.1, -0.05) is 6.92 Å². The van der Waals surface area contributed by atoms with Gasteiger partial charge in [-0.05, 0) is 51.5 Å². The van der Waals surface area contributed by atoms with Crippen LogP contribution in [-0.2, 0) is 10.0 Å². The molecule has 1 aromatic rings. The van der Waals surface area contributed by atoms with Gasteiger partial charge in [0, 0.05) is 24.0 Å². The van der Waals surface area contributed by atoms with Gasteiger partial charge >= 0.3 is 0 Å². The van der Waals surface area contributed by atoms with Crippen molar-refractivity contribution in [3.8, 4) is 0 Å². The van der Waals surface area contributed by atoms with Crippen molar-refractivity contribution in [2.24, 2.45) is 0 Å². The maximum Gasteiger partial charge on any atom is 0.232 e. The third-order valence-corrected chi connectivity index (χ3v) is 4.40. The standard InChI is InChI=1S/C14H24N2O2S/c1-5-11-19(17,18)15-13-7-9-14(10-8-13)16(6-2)12(3)4/h7-10,12,15H,5-6,11H2,1-4H3. The molecule has 0 aliphatic rings. The van der Waals surface area contributed by atoms with E-state index < -0.39 is 10.0 Å². The quantitative estimate of drug-likeness (QED) is 0.837. The minimum atomic E-state index is -3.20. The predicted molar refractivity (Wildman–Crippen MR) is 82.3 cm³/mol. The summed E-state index contributed by atoms with van der Waals surface area (Å²) in [6.45, 7) is 9.17. The van der Waals surface area contributed by atoms with E-state index in [9.17, 15) is 8.42 Å². The molecule has 5 heteroatoms. The average Bonchev–Trinajstić information content (AvgIpc) is 2.31. The topological polar surface area (TPSA) is 49.4 Å². The van der Waals surface area contributed by atoms with Crippen molar-refractivity contribution in [3.63, 3.8) is 0 Å². The Morgan fingerprint density at radius 3 is 2.16 bits per heavy atom. The summed E-state index contributed by atoms with van der Waals surface area (Å²) >= 11 is 0. The van der Waals surface area contributed by atoms with Crippen LogP contribution in [0.1, 0.15) is 34.1 Å². The van der Waals surface area contributed by atoms with Crippen LogP contribution in [-0.4, -0.2) is 26.8 Å². The van der Waals surface area contributed by atoms with Gasteiger partial charge in [0.15, 0.2) is 0 Å². The lowest BCUT2D eigenvalue weighted by Crippen LogP contribution is -2.30. The highest BCUT2D eigenvalue weighted by atomic mass is 32.2. The summed E-state index contributed by atoms with van der Waals surface area (Å²) in [5.74, 6) is 0.155. The first-order valence-electron chi connectivity index (χ1n) is 6.76. The van der Waals surface area contributed by atoms with E-state index in [0.29, 0.717) is 18.2 Å². The molecule has 0 saturated heterocycles. The molecule has 0 unspecified atom stereocenters. The lowest BCUT2D eigenvalue weighted by molar-refractivity contribution is 0.600. The largest absolute Gasteiger partial charge is 0.369 e. The van der Waals surface area contributed by atoms with E-state index in [1.54, 1.807) is 0 Å². The summed E-state index contributed by atoms with van der Waals surface area (Å²) in [6, 6.07) is 7.95. The first kappa shape index (κ1) is 15.8. The molecule has 0 aliphatic carbocycles. The van der Waals surface area contributed by atoms with Crippen LogP contribution in [0.25, 0.3) is 0 Å².